The van der Waals surface area contributed by atoms with Crippen molar-refractivity contribution in [2.24, 2.45) is 5.92 Å². The maximum absolute atomic E-state index is 12.2. The van der Waals surface area contributed by atoms with Crippen LogP contribution in [0, 0.1) is 5.92 Å². The first-order valence-corrected chi connectivity index (χ1v) is 8.62. The highest BCUT2D eigenvalue weighted by atomic mass is 16.7. The van der Waals surface area contributed by atoms with Crippen LogP contribution in [0.4, 0.5) is 0 Å². The van der Waals surface area contributed by atoms with Crippen LogP contribution in [0.1, 0.15) is 40.7 Å². The van der Waals surface area contributed by atoms with Gasteiger partial charge in [0.05, 0.1) is 18.8 Å². The molecule has 1 unspecified atom stereocenters. The van der Waals surface area contributed by atoms with Crippen LogP contribution in [0.2, 0.25) is 0 Å². The molecule has 2 aromatic rings. The predicted molar refractivity (Wildman–Crippen MR) is 87.4 cm³/mol. The van der Waals surface area contributed by atoms with Gasteiger partial charge in [0.25, 0.3) is 5.91 Å². The molecule has 1 amide bonds. The molecule has 1 aromatic carbocycles. The first-order chi connectivity index (χ1) is 12.3. The summed E-state index contributed by atoms with van der Waals surface area (Å²) in [5, 5.41) is 7.42. The number of carbonyl (C=O) groups excluding carboxylic acids is 1. The molecular weight excluding hydrogens is 322 g/mol. The number of amides is 1. The maximum Gasteiger partial charge on any atom is 0.271 e. The lowest BCUT2D eigenvalue weighted by atomic mass is 10.1. The van der Waals surface area contributed by atoms with Crippen molar-refractivity contribution in [3.63, 3.8) is 0 Å². The average Bonchev–Trinajstić information content (AvgIpc) is 3.18. The summed E-state index contributed by atoms with van der Waals surface area (Å²) in [6.07, 6.45) is 2.31. The standard InChI is InChI=1S/C18H19N3O4/c22-18(19-7-11-1-2-11)14-6-13-9-23-17(8-21(13)20-14)12-3-4-15-16(5-12)25-10-24-15/h3-6,11,17H,1-2,7-10H2,(H,19,22). The summed E-state index contributed by atoms with van der Waals surface area (Å²) in [7, 11) is 0. The van der Waals surface area contributed by atoms with E-state index in [0.29, 0.717) is 24.8 Å². The first-order valence-electron chi connectivity index (χ1n) is 8.62. The van der Waals surface area contributed by atoms with Gasteiger partial charge in [-0.15, -0.1) is 0 Å². The van der Waals surface area contributed by atoms with E-state index < -0.39 is 0 Å². The first kappa shape index (κ1) is 14.8. The Kier molecular flexibility index (Phi) is 3.41. The smallest absolute Gasteiger partial charge is 0.271 e. The molecule has 7 heteroatoms. The molecule has 3 aliphatic rings. The summed E-state index contributed by atoms with van der Waals surface area (Å²) in [5.41, 5.74) is 2.41. The van der Waals surface area contributed by atoms with Crippen molar-refractivity contribution in [3.8, 4) is 11.5 Å². The molecule has 1 aliphatic carbocycles. The van der Waals surface area contributed by atoms with Gasteiger partial charge in [0.15, 0.2) is 17.2 Å². The minimum Gasteiger partial charge on any atom is -0.454 e. The molecule has 1 aromatic heterocycles. The third-order valence-electron chi connectivity index (χ3n) is 4.88. The number of hydrogen-bond acceptors (Lipinski definition) is 5. The zero-order valence-corrected chi connectivity index (χ0v) is 13.7. The van der Waals surface area contributed by atoms with Crippen molar-refractivity contribution in [1.82, 2.24) is 15.1 Å². The van der Waals surface area contributed by atoms with Crippen molar-refractivity contribution in [1.29, 1.82) is 0 Å². The van der Waals surface area contributed by atoms with E-state index in [1.165, 1.54) is 12.8 Å². The summed E-state index contributed by atoms with van der Waals surface area (Å²) in [4.78, 5) is 12.2. The summed E-state index contributed by atoms with van der Waals surface area (Å²) >= 11 is 0. The molecule has 0 radical (unpaired) electrons. The quantitative estimate of drug-likeness (QED) is 0.921. The molecule has 3 heterocycles. The monoisotopic (exact) mass is 341 g/mol. The van der Waals surface area contributed by atoms with Gasteiger partial charge >= 0.3 is 0 Å². The van der Waals surface area contributed by atoms with Gasteiger partial charge in [-0.2, -0.15) is 5.10 Å². The number of fused-ring (bicyclic) bond motifs is 2. The molecule has 1 atom stereocenters. The zero-order chi connectivity index (χ0) is 16.8. The van der Waals surface area contributed by atoms with Gasteiger partial charge in [0, 0.05) is 6.54 Å². The fraction of sp³-hybridized carbons (Fsp3) is 0.444. The Morgan fingerprint density at radius 2 is 2.12 bits per heavy atom. The molecule has 0 saturated heterocycles. The van der Waals surface area contributed by atoms with E-state index in [2.05, 4.69) is 10.4 Å². The van der Waals surface area contributed by atoms with E-state index >= 15 is 0 Å². The minimum absolute atomic E-state index is 0.103. The Morgan fingerprint density at radius 1 is 1.24 bits per heavy atom. The van der Waals surface area contributed by atoms with Gasteiger partial charge in [-0.25, -0.2) is 0 Å². The number of ether oxygens (including phenoxy) is 3. The SMILES string of the molecule is O=C(NCC1CC1)c1cc2n(n1)CC(c1ccc3c(c1)OCO3)OC2. The third kappa shape index (κ3) is 2.84. The van der Waals surface area contributed by atoms with Crippen molar-refractivity contribution in [2.45, 2.75) is 32.1 Å². The van der Waals surface area contributed by atoms with Crippen molar-refractivity contribution < 1.29 is 19.0 Å². The Morgan fingerprint density at radius 3 is 3.00 bits per heavy atom. The Bertz CT molecular complexity index is 828. The fourth-order valence-electron chi connectivity index (χ4n) is 3.20. The molecule has 2 aliphatic heterocycles. The second-order valence-corrected chi connectivity index (χ2v) is 6.77. The largest absolute Gasteiger partial charge is 0.454 e. The minimum atomic E-state index is -0.121. The molecular formula is C18H19N3O4. The number of nitrogens with zero attached hydrogens (tertiary/aromatic N) is 2. The molecule has 1 saturated carbocycles. The van der Waals surface area contributed by atoms with Crippen molar-refractivity contribution in [3.05, 3.63) is 41.2 Å². The van der Waals surface area contributed by atoms with Crippen LogP contribution >= 0.6 is 0 Å². The highest BCUT2D eigenvalue weighted by Crippen LogP contribution is 2.36. The lowest BCUT2D eigenvalue weighted by molar-refractivity contribution is -0.00128. The molecule has 5 rings (SSSR count). The van der Waals surface area contributed by atoms with Crippen LogP contribution < -0.4 is 14.8 Å². The van der Waals surface area contributed by atoms with E-state index in [1.54, 1.807) is 0 Å². The number of benzene rings is 1. The van der Waals surface area contributed by atoms with Crippen LogP contribution in [0.25, 0.3) is 0 Å². The van der Waals surface area contributed by atoms with Gasteiger partial charge in [-0.3, -0.25) is 9.48 Å². The molecule has 1 N–H and O–H groups in total. The summed E-state index contributed by atoms with van der Waals surface area (Å²) < 4.78 is 18.6. The summed E-state index contributed by atoms with van der Waals surface area (Å²) in [5.74, 6) is 2.05. The van der Waals surface area contributed by atoms with Crippen molar-refractivity contribution in [2.75, 3.05) is 13.3 Å². The number of hydrogen-bond donors (Lipinski definition) is 1. The van der Waals surface area contributed by atoms with E-state index in [1.807, 2.05) is 28.9 Å². The zero-order valence-electron chi connectivity index (χ0n) is 13.7. The molecule has 25 heavy (non-hydrogen) atoms. The second-order valence-electron chi connectivity index (χ2n) is 6.77. The average molecular weight is 341 g/mol. The Hall–Kier alpha value is -2.54. The highest BCUT2D eigenvalue weighted by Gasteiger charge is 2.27. The van der Waals surface area contributed by atoms with Crippen LogP contribution in [-0.2, 0) is 17.9 Å². The van der Waals surface area contributed by atoms with Crippen LogP contribution in [0.15, 0.2) is 24.3 Å². The van der Waals surface area contributed by atoms with Crippen LogP contribution in [0.3, 0.4) is 0 Å². The van der Waals surface area contributed by atoms with E-state index in [9.17, 15) is 4.79 Å². The number of aromatic nitrogens is 2. The third-order valence-corrected chi connectivity index (χ3v) is 4.88. The highest BCUT2D eigenvalue weighted by molar-refractivity contribution is 5.92. The van der Waals surface area contributed by atoms with E-state index in [0.717, 1.165) is 29.3 Å². The lowest BCUT2D eigenvalue weighted by Gasteiger charge is -2.24. The summed E-state index contributed by atoms with van der Waals surface area (Å²) in [6.45, 7) is 2.01. The molecule has 1 fully saturated rings. The Balaban J connectivity index is 1.31. The molecule has 0 bridgehead atoms. The number of rotatable bonds is 4. The van der Waals surface area contributed by atoms with Crippen LogP contribution in [-0.4, -0.2) is 29.0 Å². The number of nitrogens with one attached hydrogen (secondary N) is 1. The normalized spacial score (nSPS) is 21.0. The van der Waals surface area contributed by atoms with Crippen molar-refractivity contribution >= 4 is 5.91 Å². The van der Waals surface area contributed by atoms with Gasteiger partial charge < -0.3 is 19.5 Å². The fourth-order valence-corrected chi connectivity index (χ4v) is 3.20. The predicted octanol–water partition coefficient (Wildman–Crippen LogP) is 2.02. The molecule has 0 spiro atoms. The van der Waals surface area contributed by atoms with Gasteiger partial charge in [-0.05, 0) is 42.5 Å². The summed E-state index contributed by atoms with van der Waals surface area (Å²) in [6, 6.07) is 7.65. The van der Waals surface area contributed by atoms with Crippen LogP contribution in [0.5, 0.6) is 11.5 Å². The lowest BCUT2D eigenvalue weighted by Crippen LogP contribution is -2.26. The van der Waals surface area contributed by atoms with Gasteiger partial charge in [0.2, 0.25) is 6.79 Å². The maximum atomic E-state index is 12.2. The second kappa shape index (κ2) is 5.77. The topological polar surface area (TPSA) is 74.6 Å². The van der Waals surface area contributed by atoms with E-state index in [-0.39, 0.29) is 18.8 Å². The Labute approximate surface area is 144 Å². The molecule has 7 nitrogen and oxygen atoms in total. The van der Waals surface area contributed by atoms with Gasteiger partial charge in [0.1, 0.15) is 6.10 Å². The van der Waals surface area contributed by atoms with E-state index in [4.69, 9.17) is 14.2 Å². The number of carbonyl (C=O) groups is 1. The van der Waals surface area contributed by atoms with Gasteiger partial charge in [-0.1, -0.05) is 6.07 Å². The molecule has 130 valence electrons.